The monoisotopic (exact) mass is 211 g/mol. The molecule has 0 aliphatic rings. The summed E-state index contributed by atoms with van der Waals surface area (Å²) in [6, 6.07) is 10.7. The molecule has 0 saturated heterocycles. The SMILES string of the molecule is Cc1ccccc1CCc1cnccc1C. The molecule has 2 aromatic rings. The van der Waals surface area contributed by atoms with E-state index >= 15 is 0 Å². The van der Waals surface area contributed by atoms with Crippen LogP contribution in [-0.4, -0.2) is 4.98 Å². The molecule has 1 aromatic heterocycles. The van der Waals surface area contributed by atoms with Gasteiger partial charge < -0.3 is 0 Å². The molecule has 16 heavy (non-hydrogen) atoms. The van der Waals surface area contributed by atoms with Crippen molar-refractivity contribution in [2.75, 3.05) is 0 Å². The molecule has 0 aliphatic carbocycles. The van der Waals surface area contributed by atoms with Crippen LogP contribution in [-0.2, 0) is 12.8 Å². The fourth-order valence-corrected chi connectivity index (χ4v) is 1.92. The van der Waals surface area contributed by atoms with Crippen molar-refractivity contribution in [1.29, 1.82) is 0 Å². The van der Waals surface area contributed by atoms with Gasteiger partial charge in [-0.05, 0) is 55.0 Å². The van der Waals surface area contributed by atoms with Crippen LogP contribution in [0.25, 0.3) is 0 Å². The van der Waals surface area contributed by atoms with Crippen molar-refractivity contribution < 1.29 is 0 Å². The van der Waals surface area contributed by atoms with Gasteiger partial charge in [0.25, 0.3) is 0 Å². The first-order valence-electron chi connectivity index (χ1n) is 5.71. The van der Waals surface area contributed by atoms with Crippen LogP contribution < -0.4 is 0 Å². The van der Waals surface area contributed by atoms with Crippen LogP contribution in [0.15, 0.2) is 42.7 Å². The lowest BCUT2D eigenvalue weighted by atomic mass is 9.99. The maximum Gasteiger partial charge on any atom is 0.0302 e. The largest absolute Gasteiger partial charge is 0.264 e. The highest BCUT2D eigenvalue weighted by Gasteiger charge is 2.00. The minimum atomic E-state index is 1.07. The van der Waals surface area contributed by atoms with E-state index in [1.807, 2.05) is 12.4 Å². The summed E-state index contributed by atoms with van der Waals surface area (Å²) in [4.78, 5) is 4.18. The Labute approximate surface area is 97.2 Å². The third kappa shape index (κ3) is 2.48. The highest BCUT2D eigenvalue weighted by molar-refractivity contribution is 5.28. The van der Waals surface area contributed by atoms with E-state index in [1.54, 1.807) is 0 Å². The molecule has 1 aromatic carbocycles. The lowest BCUT2D eigenvalue weighted by Crippen LogP contribution is -1.96. The maximum atomic E-state index is 4.18. The number of rotatable bonds is 3. The third-order valence-corrected chi connectivity index (χ3v) is 3.07. The molecule has 0 saturated carbocycles. The fraction of sp³-hybridized carbons (Fsp3) is 0.267. The lowest BCUT2D eigenvalue weighted by molar-refractivity contribution is 0.929. The molecule has 0 fully saturated rings. The Hall–Kier alpha value is -1.63. The van der Waals surface area contributed by atoms with E-state index in [0.717, 1.165) is 12.8 Å². The van der Waals surface area contributed by atoms with Gasteiger partial charge in [-0.25, -0.2) is 0 Å². The smallest absolute Gasteiger partial charge is 0.0302 e. The maximum absolute atomic E-state index is 4.18. The van der Waals surface area contributed by atoms with Crippen LogP contribution in [0.5, 0.6) is 0 Å². The number of nitrogens with zero attached hydrogens (tertiary/aromatic N) is 1. The van der Waals surface area contributed by atoms with E-state index in [-0.39, 0.29) is 0 Å². The minimum absolute atomic E-state index is 1.07. The molecule has 1 heteroatoms. The highest BCUT2D eigenvalue weighted by atomic mass is 14.6. The van der Waals surface area contributed by atoms with Gasteiger partial charge in [-0.15, -0.1) is 0 Å². The minimum Gasteiger partial charge on any atom is -0.264 e. The predicted octanol–water partition coefficient (Wildman–Crippen LogP) is 3.48. The van der Waals surface area contributed by atoms with Gasteiger partial charge in [0.2, 0.25) is 0 Å². The number of aryl methyl sites for hydroxylation is 4. The Bertz CT molecular complexity index is 429. The zero-order valence-electron chi connectivity index (χ0n) is 9.90. The second-order valence-electron chi connectivity index (χ2n) is 4.23. The predicted molar refractivity (Wildman–Crippen MR) is 67.6 cm³/mol. The van der Waals surface area contributed by atoms with Crippen LogP contribution in [0.1, 0.15) is 22.3 Å². The zero-order chi connectivity index (χ0) is 11.4. The van der Waals surface area contributed by atoms with E-state index in [0.29, 0.717) is 0 Å². The van der Waals surface area contributed by atoms with Crippen molar-refractivity contribution >= 4 is 0 Å². The van der Waals surface area contributed by atoms with E-state index in [1.165, 1.54) is 22.3 Å². The summed E-state index contributed by atoms with van der Waals surface area (Å²) >= 11 is 0. The molecular formula is C15H17N. The lowest BCUT2D eigenvalue weighted by Gasteiger charge is -2.07. The first kappa shape index (κ1) is 10.9. The quantitative estimate of drug-likeness (QED) is 0.757. The Kier molecular flexibility index (Phi) is 3.35. The summed E-state index contributed by atoms with van der Waals surface area (Å²) < 4.78 is 0. The Balaban J connectivity index is 2.09. The topological polar surface area (TPSA) is 12.9 Å². The summed E-state index contributed by atoms with van der Waals surface area (Å²) in [5, 5.41) is 0. The standard InChI is InChI=1S/C15H17N/c1-12-5-3-4-6-14(12)7-8-15-11-16-10-9-13(15)2/h3-6,9-11H,7-8H2,1-2H3. The molecule has 82 valence electrons. The summed E-state index contributed by atoms with van der Waals surface area (Å²) in [6.07, 6.45) is 6.00. The summed E-state index contributed by atoms with van der Waals surface area (Å²) in [7, 11) is 0. The van der Waals surface area contributed by atoms with Crippen molar-refractivity contribution in [2.45, 2.75) is 26.7 Å². The van der Waals surface area contributed by atoms with Gasteiger partial charge in [-0.1, -0.05) is 24.3 Å². The van der Waals surface area contributed by atoms with Crippen molar-refractivity contribution in [1.82, 2.24) is 4.98 Å². The van der Waals surface area contributed by atoms with E-state index in [9.17, 15) is 0 Å². The van der Waals surface area contributed by atoms with Gasteiger partial charge >= 0.3 is 0 Å². The molecule has 0 amide bonds. The van der Waals surface area contributed by atoms with Crippen molar-refractivity contribution in [3.63, 3.8) is 0 Å². The van der Waals surface area contributed by atoms with Crippen LogP contribution in [0.4, 0.5) is 0 Å². The van der Waals surface area contributed by atoms with Crippen LogP contribution in [0, 0.1) is 13.8 Å². The molecule has 2 rings (SSSR count). The first-order valence-corrected chi connectivity index (χ1v) is 5.71. The van der Waals surface area contributed by atoms with Crippen LogP contribution in [0.2, 0.25) is 0 Å². The molecule has 0 N–H and O–H groups in total. The number of pyridine rings is 1. The molecule has 0 bridgehead atoms. The van der Waals surface area contributed by atoms with Crippen molar-refractivity contribution in [3.05, 3.63) is 65.0 Å². The Morgan fingerprint density at radius 2 is 1.56 bits per heavy atom. The van der Waals surface area contributed by atoms with Gasteiger partial charge in [0.05, 0.1) is 0 Å². The first-order chi connectivity index (χ1) is 7.77. The molecular weight excluding hydrogens is 194 g/mol. The molecule has 1 nitrogen and oxygen atoms in total. The van der Waals surface area contributed by atoms with Crippen LogP contribution >= 0.6 is 0 Å². The van der Waals surface area contributed by atoms with Crippen molar-refractivity contribution in [2.24, 2.45) is 0 Å². The number of aromatic nitrogens is 1. The van der Waals surface area contributed by atoms with E-state index < -0.39 is 0 Å². The van der Waals surface area contributed by atoms with Crippen molar-refractivity contribution in [3.8, 4) is 0 Å². The summed E-state index contributed by atoms with van der Waals surface area (Å²) in [6.45, 7) is 4.32. The third-order valence-electron chi connectivity index (χ3n) is 3.07. The van der Waals surface area contributed by atoms with Gasteiger partial charge in [-0.3, -0.25) is 4.98 Å². The highest BCUT2D eigenvalue weighted by Crippen LogP contribution is 2.13. The van der Waals surface area contributed by atoms with E-state index in [4.69, 9.17) is 0 Å². The average Bonchev–Trinajstić information content (AvgIpc) is 2.30. The summed E-state index contributed by atoms with van der Waals surface area (Å²) in [5.41, 5.74) is 5.50. The van der Waals surface area contributed by atoms with Gasteiger partial charge in [0.1, 0.15) is 0 Å². The number of benzene rings is 1. The average molecular weight is 211 g/mol. The Morgan fingerprint density at radius 3 is 2.31 bits per heavy atom. The Morgan fingerprint density at radius 1 is 0.875 bits per heavy atom. The molecule has 0 radical (unpaired) electrons. The second-order valence-corrected chi connectivity index (χ2v) is 4.23. The second kappa shape index (κ2) is 4.93. The molecule has 0 aliphatic heterocycles. The van der Waals surface area contributed by atoms with Crippen LogP contribution in [0.3, 0.4) is 0 Å². The molecule has 0 spiro atoms. The zero-order valence-corrected chi connectivity index (χ0v) is 9.90. The van der Waals surface area contributed by atoms with Gasteiger partial charge in [0, 0.05) is 12.4 Å². The number of hydrogen-bond acceptors (Lipinski definition) is 1. The summed E-state index contributed by atoms with van der Waals surface area (Å²) in [5.74, 6) is 0. The van der Waals surface area contributed by atoms with Gasteiger partial charge in [0.15, 0.2) is 0 Å². The molecule has 1 heterocycles. The number of hydrogen-bond donors (Lipinski definition) is 0. The molecule has 0 unspecified atom stereocenters. The normalized spacial score (nSPS) is 10.4. The fourth-order valence-electron chi connectivity index (χ4n) is 1.92. The molecule has 0 atom stereocenters. The van der Waals surface area contributed by atoms with Gasteiger partial charge in [-0.2, -0.15) is 0 Å². The van der Waals surface area contributed by atoms with E-state index in [2.05, 4.69) is 49.2 Å².